The van der Waals surface area contributed by atoms with Gasteiger partial charge < -0.3 is 11.1 Å². The number of benzene rings is 1. The van der Waals surface area contributed by atoms with Crippen LogP contribution in [0.5, 0.6) is 0 Å². The quantitative estimate of drug-likeness (QED) is 0.833. The number of hydrogen-bond acceptors (Lipinski definition) is 3. The molecule has 0 atom stereocenters. The average Bonchev–Trinajstić information content (AvgIpc) is 2.45. The minimum atomic E-state index is -0.206. The molecule has 0 unspecified atom stereocenters. The van der Waals surface area contributed by atoms with Gasteiger partial charge in [-0.2, -0.15) is 0 Å². The largest absolute Gasteiger partial charge is 0.350 e. The van der Waals surface area contributed by atoms with Crippen LogP contribution in [0.2, 0.25) is 0 Å². The summed E-state index contributed by atoms with van der Waals surface area (Å²) in [5.74, 6) is -0.0136. The van der Waals surface area contributed by atoms with Gasteiger partial charge in [0.05, 0.1) is 5.56 Å². The zero-order valence-electron chi connectivity index (χ0n) is 11.4. The first-order valence-corrected chi connectivity index (χ1v) is 8.07. The summed E-state index contributed by atoms with van der Waals surface area (Å²) in [5.41, 5.74) is 6.87. The molecule has 4 heteroatoms. The van der Waals surface area contributed by atoms with Crippen LogP contribution >= 0.6 is 11.8 Å². The van der Waals surface area contributed by atoms with Crippen LogP contribution in [-0.2, 0) is 0 Å². The van der Waals surface area contributed by atoms with Crippen LogP contribution in [0.4, 0.5) is 0 Å². The highest BCUT2D eigenvalue weighted by molar-refractivity contribution is 7.98. The van der Waals surface area contributed by atoms with Gasteiger partial charge in [-0.3, -0.25) is 4.79 Å². The van der Waals surface area contributed by atoms with Gasteiger partial charge in [0.15, 0.2) is 0 Å². The number of nitrogens with one attached hydrogen (secondary N) is 1. The Kier molecular flexibility index (Phi) is 4.88. The maximum Gasteiger partial charge on any atom is 0.252 e. The van der Waals surface area contributed by atoms with Crippen molar-refractivity contribution in [3.8, 4) is 0 Å². The van der Waals surface area contributed by atoms with Crippen molar-refractivity contribution in [2.45, 2.75) is 42.5 Å². The fourth-order valence-corrected chi connectivity index (χ4v) is 3.21. The Hall–Kier alpha value is -1.00. The lowest BCUT2D eigenvalue weighted by Gasteiger charge is -2.33. The molecule has 2 rings (SSSR count). The second kappa shape index (κ2) is 6.44. The number of rotatable bonds is 4. The third-order valence-corrected chi connectivity index (χ3v) is 4.60. The highest BCUT2D eigenvalue weighted by atomic mass is 32.2. The van der Waals surface area contributed by atoms with Gasteiger partial charge in [0, 0.05) is 17.0 Å². The summed E-state index contributed by atoms with van der Waals surface area (Å²) >= 11 is 1.59. The molecular formula is C15H22N2OS. The van der Waals surface area contributed by atoms with Crippen LogP contribution in [0, 0.1) is 0 Å². The minimum absolute atomic E-state index is 0.0136. The molecule has 1 aromatic carbocycles. The van der Waals surface area contributed by atoms with Crippen molar-refractivity contribution < 1.29 is 4.79 Å². The van der Waals surface area contributed by atoms with E-state index in [9.17, 15) is 4.79 Å². The molecule has 1 fully saturated rings. The van der Waals surface area contributed by atoms with E-state index in [2.05, 4.69) is 5.32 Å². The molecule has 0 spiro atoms. The Morgan fingerprint density at radius 1 is 1.32 bits per heavy atom. The predicted molar refractivity (Wildman–Crippen MR) is 80.6 cm³/mol. The van der Waals surface area contributed by atoms with Crippen molar-refractivity contribution in [2.75, 3.05) is 12.8 Å². The number of hydrogen-bond donors (Lipinski definition) is 2. The van der Waals surface area contributed by atoms with E-state index in [1.54, 1.807) is 11.8 Å². The highest BCUT2D eigenvalue weighted by Crippen LogP contribution is 2.25. The second-order valence-corrected chi connectivity index (χ2v) is 6.15. The van der Waals surface area contributed by atoms with Gasteiger partial charge in [-0.25, -0.2) is 0 Å². The summed E-state index contributed by atoms with van der Waals surface area (Å²) in [7, 11) is 0. The molecule has 0 heterocycles. The number of carbonyl (C=O) groups excluding carboxylic acids is 1. The maximum absolute atomic E-state index is 12.2. The van der Waals surface area contributed by atoms with Gasteiger partial charge in [-0.1, -0.05) is 31.4 Å². The van der Waals surface area contributed by atoms with Gasteiger partial charge in [-0.15, -0.1) is 11.8 Å². The lowest BCUT2D eigenvalue weighted by molar-refractivity contribution is 0.0935. The van der Waals surface area contributed by atoms with E-state index in [0.29, 0.717) is 6.54 Å². The first-order chi connectivity index (χ1) is 9.14. The number of carbonyl (C=O) groups is 1. The van der Waals surface area contributed by atoms with E-state index in [1.807, 2.05) is 30.5 Å². The lowest BCUT2D eigenvalue weighted by Crippen LogP contribution is -2.51. The molecular weight excluding hydrogens is 256 g/mol. The van der Waals surface area contributed by atoms with Crippen LogP contribution < -0.4 is 11.1 Å². The summed E-state index contributed by atoms with van der Waals surface area (Å²) < 4.78 is 0. The van der Waals surface area contributed by atoms with Crippen molar-refractivity contribution in [2.24, 2.45) is 5.73 Å². The molecule has 1 aliphatic rings. The standard InChI is InChI=1S/C15H22N2OS/c1-19-13-8-4-3-7-12(13)14(18)17-11-15(16)9-5-2-6-10-15/h3-4,7-8H,2,5-6,9-11,16H2,1H3,(H,17,18). The molecule has 1 saturated carbocycles. The normalized spacial score (nSPS) is 18.0. The first-order valence-electron chi connectivity index (χ1n) is 6.85. The highest BCUT2D eigenvalue weighted by Gasteiger charge is 2.28. The van der Waals surface area contributed by atoms with E-state index in [-0.39, 0.29) is 11.4 Å². The molecule has 0 aliphatic heterocycles. The van der Waals surface area contributed by atoms with E-state index in [0.717, 1.165) is 23.3 Å². The van der Waals surface area contributed by atoms with Crippen LogP contribution in [0.3, 0.4) is 0 Å². The van der Waals surface area contributed by atoms with Crippen molar-refractivity contribution in [1.29, 1.82) is 0 Å². The lowest BCUT2D eigenvalue weighted by atomic mass is 9.82. The monoisotopic (exact) mass is 278 g/mol. The van der Waals surface area contributed by atoms with Crippen molar-refractivity contribution in [3.05, 3.63) is 29.8 Å². The summed E-state index contributed by atoms with van der Waals surface area (Å²) in [5, 5.41) is 3.01. The first kappa shape index (κ1) is 14.4. The van der Waals surface area contributed by atoms with Crippen molar-refractivity contribution >= 4 is 17.7 Å². The fraction of sp³-hybridized carbons (Fsp3) is 0.533. The zero-order chi connectivity index (χ0) is 13.7. The Labute approximate surface area is 119 Å². The fourth-order valence-electron chi connectivity index (χ4n) is 2.62. The molecule has 0 bridgehead atoms. The Bertz CT molecular complexity index is 442. The van der Waals surface area contributed by atoms with Crippen molar-refractivity contribution in [3.63, 3.8) is 0 Å². The summed E-state index contributed by atoms with van der Waals surface area (Å²) in [6.45, 7) is 0.578. The summed E-state index contributed by atoms with van der Waals surface area (Å²) in [6.07, 6.45) is 7.62. The van der Waals surface area contributed by atoms with Gasteiger partial charge >= 0.3 is 0 Å². The van der Waals surface area contributed by atoms with E-state index in [1.165, 1.54) is 19.3 Å². The topological polar surface area (TPSA) is 55.1 Å². The van der Waals surface area contributed by atoms with Crippen molar-refractivity contribution in [1.82, 2.24) is 5.32 Å². The smallest absolute Gasteiger partial charge is 0.252 e. The molecule has 0 saturated heterocycles. The van der Waals surface area contributed by atoms with Crippen LogP contribution in [0.25, 0.3) is 0 Å². The molecule has 3 nitrogen and oxygen atoms in total. The molecule has 1 amide bonds. The van der Waals surface area contributed by atoms with Gasteiger partial charge in [0.2, 0.25) is 0 Å². The Balaban J connectivity index is 1.97. The zero-order valence-corrected chi connectivity index (χ0v) is 12.3. The predicted octanol–water partition coefficient (Wildman–Crippen LogP) is 2.80. The average molecular weight is 278 g/mol. The van der Waals surface area contributed by atoms with Crippen LogP contribution in [0.1, 0.15) is 42.5 Å². The number of thioether (sulfide) groups is 1. The van der Waals surface area contributed by atoms with E-state index >= 15 is 0 Å². The second-order valence-electron chi connectivity index (χ2n) is 5.31. The van der Waals surface area contributed by atoms with Crippen LogP contribution in [0.15, 0.2) is 29.2 Å². The van der Waals surface area contributed by atoms with Crippen LogP contribution in [-0.4, -0.2) is 24.2 Å². The molecule has 0 radical (unpaired) electrons. The molecule has 3 N–H and O–H groups in total. The maximum atomic E-state index is 12.2. The molecule has 1 aromatic rings. The summed E-state index contributed by atoms with van der Waals surface area (Å²) in [4.78, 5) is 13.2. The van der Waals surface area contributed by atoms with Gasteiger partial charge in [0.25, 0.3) is 5.91 Å². The van der Waals surface area contributed by atoms with E-state index in [4.69, 9.17) is 5.73 Å². The third-order valence-electron chi connectivity index (χ3n) is 3.80. The Morgan fingerprint density at radius 3 is 2.68 bits per heavy atom. The van der Waals surface area contributed by atoms with Gasteiger partial charge in [0.1, 0.15) is 0 Å². The SMILES string of the molecule is CSc1ccccc1C(=O)NCC1(N)CCCCC1. The number of nitrogens with two attached hydrogens (primary N) is 1. The number of amides is 1. The minimum Gasteiger partial charge on any atom is -0.350 e. The molecule has 1 aliphatic carbocycles. The Morgan fingerprint density at radius 2 is 2.00 bits per heavy atom. The third kappa shape index (κ3) is 3.74. The van der Waals surface area contributed by atoms with E-state index < -0.39 is 0 Å². The molecule has 104 valence electrons. The molecule has 0 aromatic heterocycles. The van der Waals surface area contributed by atoms with Gasteiger partial charge in [-0.05, 0) is 31.2 Å². The molecule has 19 heavy (non-hydrogen) atoms. The summed E-state index contributed by atoms with van der Waals surface area (Å²) in [6, 6.07) is 7.69.